The number of nitrogens with zero attached hydrogens (tertiary/aromatic N) is 1. The summed E-state index contributed by atoms with van der Waals surface area (Å²) in [6.45, 7) is 0. The second-order valence-corrected chi connectivity index (χ2v) is 6.49. The van der Waals surface area contributed by atoms with E-state index in [9.17, 15) is 14.4 Å². The highest BCUT2D eigenvalue weighted by Crippen LogP contribution is 2.22. The summed E-state index contributed by atoms with van der Waals surface area (Å²) in [7, 11) is 0. The van der Waals surface area contributed by atoms with E-state index in [4.69, 9.17) is 16.3 Å². The van der Waals surface area contributed by atoms with Gasteiger partial charge in [-0.05, 0) is 65.2 Å². The van der Waals surface area contributed by atoms with E-state index in [1.807, 2.05) is 6.07 Å². The van der Waals surface area contributed by atoms with Gasteiger partial charge in [-0.2, -0.15) is 5.26 Å². The van der Waals surface area contributed by atoms with Crippen molar-refractivity contribution in [3.05, 3.63) is 106 Å². The molecule has 0 fully saturated rings. The van der Waals surface area contributed by atoms with Gasteiger partial charge >= 0.3 is 5.97 Å². The highest BCUT2D eigenvalue weighted by atomic mass is 35.5. The number of allylic oxidation sites excluding steroid dienone is 1. The molecular weight excluding hydrogens is 389 g/mol. The fraction of sp³-hybridized carbons (Fsp3) is 0. The molecule has 3 aromatic carbocycles. The Morgan fingerprint density at radius 3 is 2.34 bits per heavy atom. The number of hydrogen-bond acceptors (Lipinski definition) is 3. The van der Waals surface area contributed by atoms with E-state index in [2.05, 4.69) is 6.07 Å². The molecule has 0 saturated carbocycles. The molecule has 0 atom stereocenters. The molecule has 0 unspecified atom stereocenters. The Morgan fingerprint density at radius 2 is 1.69 bits per heavy atom. The van der Waals surface area contributed by atoms with Gasteiger partial charge in [-0.1, -0.05) is 48.0 Å². The van der Waals surface area contributed by atoms with Crippen LogP contribution >= 0.6 is 11.6 Å². The number of rotatable bonds is 5. The van der Waals surface area contributed by atoms with Crippen LogP contribution in [0.15, 0.2) is 78.9 Å². The van der Waals surface area contributed by atoms with E-state index in [1.54, 1.807) is 66.7 Å². The lowest BCUT2D eigenvalue weighted by Crippen LogP contribution is -2.03. The van der Waals surface area contributed by atoms with Crippen LogP contribution in [0.3, 0.4) is 0 Å². The van der Waals surface area contributed by atoms with Gasteiger partial charge in [0.1, 0.15) is 11.6 Å². The van der Waals surface area contributed by atoms with Crippen molar-refractivity contribution in [1.82, 2.24) is 0 Å². The van der Waals surface area contributed by atoms with Gasteiger partial charge in [-0.3, -0.25) is 0 Å². The first kappa shape index (κ1) is 20.1. The van der Waals surface area contributed by atoms with E-state index in [0.29, 0.717) is 21.9 Å². The Balaban J connectivity index is 1.67. The molecule has 0 spiro atoms. The van der Waals surface area contributed by atoms with Crippen molar-refractivity contribution in [2.45, 2.75) is 0 Å². The SMILES string of the molecule is N#C/C(=C/c1ccc(OC(=O)/C=C/c2ccc(F)cc2)cc1)c1cccc(Cl)c1. The van der Waals surface area contributed by atoms with Crippen LogP contribution in [0.4, 0.5) is 4.39 Å². The van der Waals surface area contributed by atoms with Gasteiger partial charge in [-0.25, -0.2) is 9.18 Å². The Hall–Kier alpha value is -3.68. The Morgan fingerprint density at radius 1 is 1.00 bits per heavy atom. The van der Waals surface area contributed by atoms with E-state index < -0.39 is 5.97 Å². The lowest BCUT2D eigenvalue weighted by molar-refractivity contribution is -0.128. The van der Waals surface area contributed by atoms with Crippen molar-refractivity contribution >= 4 is 35.3 Å². The quantitative estimate of drug-likeness (QED) is 0.168. The van der Waals surface area contributed by atoms with Gasteiger partial charge in [0, 0.05) is 11.1 Å². The molecule has 0 bridgehead atoms. The molecule has 0 saturated heterocycles. The van der Waals surface area contributed by atoms with Crippen molar-refractivity contribution in [3.63, 3.8) is 0 Å². The molecule has 0 radical (unpaired) electrons. The van der Waals surface area contributed by atoms with Crippen LogP contribution in [0, 0.1) is 17.1 Å². The first-order valence-corrected chi connectivity index (χ1v) is 9.04. The molecule has 0 N–H and O–H groups in total. The summed E-state index contributed by atoms with van der Waals surface area (Å²) in [6, 6.07) is 21.7. The van der Waals surface area contributed by atoms with Gasteiger partial charge in [0.15, 0.2) is 0 Å². The minimum absolute atomic E-state index is 0.339. The van der Waals surface area contributed by atoms with E-state index in [0.717, 1.165) is 11.1 Å². The molecule has 5 heteroatoms. The van der Waals surface area contributed by atoms with Gasteiger partial charge < -0.3 is 4.74 Å². The van der Waals surface area contributed by atoms with Crippen molar-refractivity contribution in [2.24, 2.45) is 0 Å². The van der Waals surface area contributed by atoms with Crippen LogP contribution in [-0.2, 0) is 4.79 Å². The van der Waals surface area contributed by atoms with Crippen molar-refractivity contribution in [3.8, 4) is 11.8 Å². The molecular formula is C24H15ClFNO2. The maximum absolute atomic E-state index is 12.9. The molecule has 0 aromatic heterocycles. The molecule has 3 rings (SSSR count). The van der Waals surface area contributed by atoms with Crippen LogP contribution in [0.2, 0.25) is 5.02 Å². The summed E-state index contributed by atoms with van der Waals surface area (Å²) in [5, 5.41) is 9.97. The van der Waals surface area contributed by atoms with Gasteiger partial charge in [0.05, 0.1) is 11.6 Å². The summed E-state index contributed by atoms with van der Waals surface area (Å²) in [6.07, 6.45) is 4.54. The summed E-state index contributed by atoms with van der Waals surface area (Å²) in [5.74, 6) is -0.514. The standard InChI is InChI=1S/C24H15ClFNO2/c25-21-3-1-2-19(15-21)20(16-27)14-18-6-11-23(12-7-18)29-24(28)13-8-17-4-9-22(26)10-5-17/h1-15H/b13-8+,20-14-. The smallest absolute Gasteiger partial charge is 0.336 e. The molecule has 142 valence electrons. The highest BCUT2D eigenvalue weighted by Gasteiger charge is 2.04. The monoisotopic (exact) mass is 403 g/mol. The third-order valence-electron chi connectivity index (χ3n) is 3.95. The fourth-order valence-corrected chi connectivity index (χ4v) is 2.71. The van der Waals surface area contributed by atoms with Crippen LogP contribution in [0.25, 0.3) is 17.7 Å². The zero-order valence-electron chi connectivity index (χ0n) is 15.2. The second kappa shape index (κ2) is 9.50. The van der Waals surface area contributed by atoms with Gasteiger partial charge in [0.25, 0.3) is 0 Å². The lowest BCUT2D eigenvalue weighted by Gasteiger charge is -2.03. The van der Waals surface area contributed by atoms with Crippen LogP contribution in [-0.4, -0.2) is 5.97 Å². The first-order chi connectivity index (χ1) is 14.0. The summed E-state index contributed by atoms with van der Waals surface area (Å²) < 4.78 is 18.1. The van der Waals surface area contributed by atoms with E-state index >= 15 is 0 Å². The maximum Gasteiger partial charge on any atom is 0.336 e. The van der Waals surface area contributed by atoms with Gasteiger partial charge in [0.2, 0.25) is 0 Å². The van der Waals surface area contributed by atoms with Crippen molar-refractivity contribution in [1.29, 1.82) is 5.26 Å². The average Bonchev–Trinajstić information content (AvgIpc) is 2.73. The molecule has 0 aliphatic rings. The van der Waals surface area contributed by atoms with E-state index in [1.165, 1.54) is 18.2 Å². The molecule has 0 amide bonds. The van der Waals surface area contributed by atoms with Crippen LogP contribution in [0.5, 0.6) is 5.75 Å². The Labute approximate surface area is 172 Å². The fourth-order valence-electron chi connectivity index (χ4n) is 2.52. The van der Waals surface area contributed by atoms with E-state index in [-0.39, 0.29) is 5.82 Å². The summed E-state index contributed by atoms with van der Waals surface area (Å²) >= 11 is 5.98. The molecule has 0 aliphatic heterocycles. The zero-order valence-corrected chi connectivity index (χ0v) is 15.9. The second-order valence-electron chi connectivity index (χ2n) is 6.06. The summed E-state index contributed by atoms with van der Waals surface area (Å²) in [4.78, 5) is 11.9. The molecule has 29 heavy (non-hydrogen) atoms. The van der Waals surface area contributed by atoms with Crippen molar-refractivity contribution < 1.29 is 13.9 Å². The van der Waals surface area contributed by atoms with Crippen LogP contribution < -0.4 is 4.74 Å². The maximum atomic E-state index is 12.9. The number of esters is 1. The predicted octanol–water partition coefficient (Wildman–Crippen LogP) is 6.16. The average molecular weight is 404 g/mol. The Kier molecular flexibility index (Phi) is 6.57. The third kappa shape index (κ3) is 5.90. The minimum atomic E-state index is -0.547. The molecule has 0 aliphatic carbocycles. The number of carbonyl (C=O) groups is 1. The number of carbonyl (C=O) groups excluding carboxylic acids is 1. The normalized spacial score (nSPS) is 11.3. The zero-order chi connectivity index (χ0) is 20.6. The molecule has 3 nitrogen and oxygen atoms in total. The lowest BCUT2D eigenvalue weighted by atomic mass is 10.0. The minimum Gasteiger partial charge on any atom is -0.423 e. The number of halogens is 2. The topological polar surface area (TPSA) is 50.1 Å². The summed E-state index contributed by atoms with van der Waals surface area (Å²) in [5.41, 5.74) is 2.66. The largest absolute Gasteiger partial charge is 0.423 e. The number of hydrogen-bond donors (Lipinski definition) is 0. The van der Waals surface area contributed by atoms with Gasteiger partial charge in [-0.15, -0.1) is 0 Å². The molecule has 3 aromatic rings. The molecule has 0 heterocycles. The number of nitriles is 1. The van der Waals surface area contributed by atoms with Crippen LogP contribution in [0.1, 0.15) is 16.7 Å². The first-order valence-electron chi connectivity index (χ1n) is 8.67. The predicted molar refractivity (Wildman–Crippen MR) is 112 cm³/mol. The van der Waals surface area contributed by atoms with Crippen molar-refractivity contribution in [2.75, 3.05) is 0 Å². The third-order valence-corrected chi connectivity index (χ3v) is 4.18. The Bertz CT molecular complexity index is 1110. The number of benzene rings is 3. The number of ether oxygens (including phenoxy) is 1. The highest BCUT2D eigenvalue weighted by molar-refractivity contribution is 6.30.